The van der Waals surface area contributed by atoms with E-state index in [9.17, 15) is 0 Å². The average molecular weight is 215 g/mol. The predicted octanol–water partition coefficient (Wildman–Crippen LogP) is 0.786. The van der Waals surface area contributed by atoms with E-state index in [0.29, 0.717) is 0 Å². The van der Waals surface area contributed by atoms with Crippen LogP contribution in [0.4, 0.5) is 0 Å². The number of nitrogens with zero attached hydrogens (tertiary/aromatic N) is 3. The van der Waals surface area contributed by atoms with Crippen LogP contribution in [0.15, 0.2) is 40.7 Å². The molecule has 16 heavy (non-hydrogen) atoms. The minimum atomic E-state index is -0.0449. The summed E-state index contributed by atoms with van der Waals surface area (Å²) in [5, 5.41) is 8.50. The molecule has 1 aromatic carbocycles. The van der Waals surface area contributed by atoms with Crippen LogP contribution < -0.4 is 11.5 Å². The molecule has 0 amide bonds. The van der Waals surface area contributed by atoms with E-state index in [4.69, 9.17) is 11.5 Å². The third-order valence-electron chi connectivity index (χ3n) is 2.30. The van der Waals surface area contributed by atoms with E-state index in [1.54, 1.807) is 6.21 Å². The Morgan fingerprint density at radius 2 is 2.06 bits per heavy atom. The van der Waals surface area contributed by atoms with Gasteiger partial charge in [0.25, 0.3) is 0 Å². The molecule has 0 aliphatic rings. The fourth-order valence-electron chi connectivity index (χ4n) is 1.63. The third kappa shape index (κ3) is 1.88. The summed E-state index contributed by atoms with van der Waals surface area (Å²) < 4.78 is 2.03. The molecule has 0 unspecified atom stereocenters. The zero-order valence-corrected chi connectivity index (χ0v) is 8.96. The molecule has 0 aliphatic carbocycles. The molecule has 0 atom stereocenters. The summed E-state index contributed by atoms with van der Waals surface area (Å²) in [5.74, 6) is -0.0449. The molecule has 0 spiro atoms. The maximum Gasteiger partial charge on any atom is 0.211 e. The van der Waals surface area contributed by atoms with E-state index in [1.807, 2.05) is 42.1 Å². The highest BCUT2D eigenvalue weighted by Gasteiger charge is 2.02. The molecule has 0 fully saturated rings. The molecule has 0 aliphatic heterocycles. The van der Waals surface area contributed by atoms with Gasteiger partial charge in [0.1, 0.15) is 0 Å². The Balaban J connectivity index is 2.46. The fraction of sp³-hybridized carbons (Fsp3) is 0.0909. The predicted molar refractivity (Wildman–Crippen MR) is 66.3 cm³/mol. The second-order valence-corrected chi connectivity index (χ2v) is 3.48. The summed E-state index contributed by atoms with van der Waals surface area (Å²) in [7, 11) is 1.99. The lowest BCUT2D eigenvalue weighted by Gasteiger charge is -1.92. The van der Waals surface area contributed by atoms with Crippen molar-refractivity contribution in [1.82, 2.24) is 4.57 Å². The molecule has 4 N–H and O–H groups in total. The van der Waals surface area contributed by atoms with E-state index < -0.39 is 0 Å². The van der Waals surface area contributed by atoms with Crippen LogP contribution in [0.25, 0.3) is 10.9 Å². The van der Waals surface area contributed by atoms with E-state index in [1.165, 1.54) is 0 Å². The molecule has 2 rings (SSSR count). The maximum absolute atomic E-state index is 5.18. The number of benzene rings is 1. The lowest BCUT2D eigenvalue weighted by atomic mass is 10.2. The first-order chi connectivity index (χ1) is 7.68. The number of nitrogens with two attached hydrogens (primary N) is 2. The highest BCUT2D eigenvalue weighted by atomic mass is 15.3. The number of guanidine groups is 1. The highest BCUT2D eigenvalue weighted by molar-refractivity contribution is 5.99. The van der Waals surface area contributed by atoms with Gasteiger partial charge in [-0.25, -0.2) is 0 Å². The molecule has 5 nitrogen and oxygen atoms in total. The topological polar surface area (TPSA) is 81.7 Å². The van der Waals surface area contributed by atoms with Crippen LogP contribution in [-0.2, 0) is 7.05 Å². The van der Waals surface area contributed by atoms with E-state index in [-0.39, 0.29) is 5.96 Å². The van der Waals surface area contributed by atoms with Gasteiger partial charge >= 0.3 is 0 Å². The van der Waals surface area contributed by atoms with E-state index in [2.05, 4.69) is 10.2 Å². The SMILES string of the molecule is Cn1cc(/C=N/N=C(N)N)c2ccccc21. The molecule has 1 heterocycles. The number of hydrogen-bond acceptors (Lipinski definition) is 2. The van der Waals surface area contributed by atoms with Crippen LogP contribution >= 0.6 is 0 Å². The number of aryl methyl sites for hydroxylation is 1. The first-order valence-electron chi connectivity index (χ1n) is 4.84. The second-order valence-electron chi connectivity index (χ2n) is 3.48. The van der Waals surface area contributed by atoms with Gasteiger partial charge in [-0.15, -0.1) is 5.10 Å². The van der Waals surface area contributed by atoms with Crippen LogP contribution in [0.3, 0.4) is 0 Å². The molecule has 0 saturated carbocycles. The number of hydrogen-bond donors (Lipinski definition) is 2. The Bertz CT molecular complexity index is 561. The van der Waals surface area contributed by atoms with E-state index >= 15 is 0 Å². The van der Waals surface area contributed by atoms with Crippen molar-refractivity contribution in [3.05, 3.63) is 36.0 Å². The lowest BCUT2D eigenvalue weighted by Crippen LogP contribution is -2.21. The second kappa shape index (κ2) is 4.06. The van der Waals surface area contributed by atoms with E-state index in [0.717, 1.165) is 16.5 Å². The molecule has 5 heteroatoms. The Morgan fingerprint density at radius 1 is 1.31 bits per heavy atom. The Morgan fingerprint density at radius 3 is 2.81 bits per heavy atom. The van der Waals surface area contributed by atoms with Crippen molar-refractivity contribution in [2.45, 2.75) is 0 Å². The molecule has 2 aromatic rings. The summed E-state index contributed by atoms with van der Waals surface area (Å²) in [5.41, 5.74) is 12.5. The Labute approximate surface area is 93.1 Å². The van der Waals surface area contributed by atoms with Gasteiger partial charge in [0.15, 0.2) is 0 Å². The van der Waals surface area contributed by atoms with Crippen molar-refractivity contribution < 1.29 is 0 Å². The molecular weight excluding hydrogens is 202 g/mol. The van der Waals surface area contributed by atoms with Gasteiger partial charge in [0, 0.05) is 29.7 Å². The zero-order valence-electron chi connectivity index (χ0n) is 8.96. The number of fused-ring (bicyclic) bond motifs is 1. The van der Waals surface area contributed by atoms with Crippen LogP contribution in [0.1, 0.15) is 5.56 Å². The van der Waals surface area contributed by atoms with Crippen molar-refractivity contribution in [2.75, 3.05) is 0 Å². The largest absolute Gasteiger partial charge is 0.369 e. The Kier molecular flexibility index (Phi) is 2.59. The first kappa shape index (κ1) is 10.2. The van der Waals surface area contributed by atoms with Gasteiger partial charge < -0.3 is 16.0 Å². The average Bonchev–Trinajstić information content (AvgIpc) is 2.57. The normalized spacial score (nSPS) is 11.1. The van der Waals surface area contributed by atoms with Crippen LogP contribution in [-0.4, -0.2) is 16.7 Å². The number of aromatic nitrogens is 1. The van der Waals surface area contributed by atoms with Crippen molar-refractivity contribution in [3.8, 4) is 0 Å². The van der Waals surface area contributed by atoms with Gasteiger partial charge in [0.05, 0.1) is 6.21 Å². The van der Waals surface area contributed by atoms with Crippen LogP contribution in [0.2, 0.25) is 0 Å². The smallest absolute Gasteiger partial charge is 0.211 e. The summed E-state index contributed by atoms with van der Waals surface area (Å²) in [6, 6.07) is 8.07. The van der Waals surface area contributed by atoms with Crippen molar-refractivity contribution in [3.63, 3.8) is 0 Å². The summed E-state index contributed by atoms with van der Waals surface area (Å²) in [6.45, 7) is 0. The Hall–Kier alpha value is -2.30. The quantitative estimate of drug-likeness (QED) is 0.441. The molecule has 82 valence electrons. The maximum atomic E-state index is 5.18. The number of para-hydroxylation sites is 1. The lowest BCUT2D eigenvalue weighted by molar-refractivity contribution is 0.968. The van der Waals surface area contributed by atoms with Gasteiger partial charge in [-0.1, -0.05) is 18.2 Å². The van der Waals surface area contributed by atoms with Gasteiger partial charge in [-0.2, -0.15) is 5.10 Å². The molecule has 0 bridgehead atoms. The number of rotatable bonds is 2. The van der Waals surface area contributed by atoms with Crippen molar-refractivity contribution in [1.29, 1.82) is 0 Å². The van der Waals surface area contributed by atoms with Crippen molar-refractivity contribution >= 4 is 23.1 Å². The fourth-order valence-corrected chi connectivity index (χ4v) is 1.63. The minimum Gasteiger partial charge on any atom is -0.369 e. The molecule has 0 saturated heterocycles. The van der Waals surface area contributed by atoms with Gasteiger partial charge in [0.2, 0.25) is 5.96 Å². The third-order valence-corrected chi connectivity index (χ3v) is 2.30. The van der Waals surface area contributed by atoms with Crippen LogP contribution in [0, 0.1) is 0 Å². The molecule has 1 aromatic heterocycles. The minimum absolute atomic E-state index is 0.0449. The van der Waals surface area contributed by atoms with Crippen LogP contribution in [0.5, 0.6) is 0 Å². The van der Waals surface area contributed by atoms with Crippen molar-refractivity contribution in [2.24, 2.45) is 28.7 Å². The monoisotopic (exact) mass is 215 g/mol. The summed E-state index contributed by atoms with van der Waals surface area (Å²) in [6.07, 6.45) is 3.62. The standard InChI is InChI=1S/C11H13N5/c1-16-7-8(6-14-15-11(12)13)9-4-2-3-5-10(9)16/h2-7H,1H3,(H4,12,13,15)/b14-6+. The molecule has 0 radical (unpaired) electrons. The first-order valence-corrected chi connectivity index (χ1v) is 4.84. The van der Waals surface area contributed by atoms with Gasteiger partial charge in [-0.3, -0.25) is 0 Å². The zero-order chi connectivity index (χ0) is 11.5. The summed E-state index contributed by atoms with van der Waals surface area (Å²) in [4.78, 5) is 0. The molecular formula is C11H13N5. The highest BCUT2D eigenvalue weighted by Crippen LogP contribution is 2.18. The summed E-state index contributed by atoms with van der Waals surface area (Å²) >= 11 is 0. The van der Waals surface area contributed by atoms with Gasteiger partial charge in [-0.05, 0) is 6.07 Å².